The minimum absolute atomic E-state index is 0.00591. The van der Waals surface area contributed by atoms with Crippen LogP contribution in [0.2, 0.25) is 0 Å². The van der Waals surface area contributed by atoms with Gasteiger partial charge in [-0.1, -0.05) is 0 Å². The van der Waals surface area contributed by atoms with Crippen molar-refractivity contribution in [2.75, 3.05) is 19.5 Å². The van der Waals surface area contributed by atoms with Crippen LogP contribution in [0.3, 0.4) is 0 Å². The predicted octanol–water partition coefficient (Wildman–Crippen LogP) is -0.406. The number of esters is 1. The summed E-state index contributed by atoms with van der Waals surface area (Å²) in [5.74, 6) is -0.400. The molecule has 3 N–H and O–H groups in total. The second-order valence-electron chi connectivity index (χ2n) is 6.22. The van der Waals surface area contributed by atoms with E-state index in [-0.39, 0.29) is 31.0 Å². The molecule has 1 aliphatic heterocycles. The van der Waals surface area contributed by atoms with Crippen molar-refractivity contribution in [1.29, 1.82) is 0 Å². The Morgan fingerprint density at radius 3 is 2.81 bits per heavy atom. The number of anilines is 1. The van der Waals surface area contributed by atoms with Crippen molar-refractivity contribution in [1.82, 2.24) is 19.5 Å². The molecule has 0 radical (unpaired) electrons. The third-order valence-electron chi connectivity index (χ3n) is 4.33. The van der Waals surface area contributed by atoms with Gasteiger partial charge in [-0.05, 0) is 6.92 Å². The fourth-order valence-electron chi connectivity index (χ4n) is 2.96. The summed E-state index contributed by atoms with van der Waals surface area (Å²) < 4.78 is 17.8. The van der Waals surface area contributed by atoms with E-state index >= 15 is 0 Å². The van der Waals surface area contributed by atoms with E-state index in [1.807, 2.05) is 0 Å². The summed E-state index contributed by atoms with van der Waals surface area (Å²) in [6.07, 6.45) is -0.490. The number of carbonyl (C=O) groups is 2. The number of aliphatic hydroxyl groups is 1. The van der Waals surface area contributed by atoms with E-state index in [0.717, 1.165) is 0 Å². The molecule has 0 amide bonds. The van der Waals surface area contributed by atoms with Crippen LogP contribution in [0.1, 0.15) is 26.0 Å². The Bertz CT molecular complexity index is 840. The summed E-state index contributed by atoms with van der Waals surface area (Å²) in [5.41, 5.74) is 6.57. The van der Waals surface area contributed by atoms with Crippen LogP contribution in [0.4, 0.5) is 5.82 Å². The van der Waals surface area contributed by atoms with Crippen LogP contribution in [-0.2, 0) is 23.8 Å². The quantitative estimate of drug-likeness (QED) is 0.607. The molecule has 1 aliphatic rings. The topological polar surface area (TPSA) is 152 Å². The minimum Gasteiger partial charge on any atom is -0.463 e. The van der Waals surface area contributed by atoms with Gasteiger partial charge in [0.05, 0.1) is 12.7 Å². The van der Waals surface area contributed by atoms with Gasteiger partial charge in [0.15, 0.2) is 17.7 Å². The van der Waals surface area contributed by atoms with Crippen LogP contribution in [0.15, 0.2) is 12.7 Å². The van der Waals surface area contributed by atoms with Gasteiger partial charge >= 0.3 is 5.97 Å². The molecular weight excluding hydrogens is 358 g/mol. The molecular formula is C16H21N5O6. The molecule has 2 aromatic heterocycles. The Labute approximate surface area is 154 Å². The van der Waals surface area contributed by atoms with Crippen LogP contribution in [0.5, 0.6) is 0 Å². The first kappa shape index (κ1) is 19.1. The first-order valence-corrected chi connectivity index (χ1v) is 8.36. The van der Waals surface area contributed by atoms with Gasteiger partial charge in [-0.15, -0.1) is 0 Å². The highest BCUT2D eigenvalue weighted by Crippen LogP contribution is 2.33. The molecule has 146 valence electrons. The summed E-state index contributed by atoms with van der Waals surface area (Å²) in [6.45, 7) is 1.29. The maximum atomic E-state index is 11.7. The number of nitrogens with two attached hydrogens (primary N) is 1. The standard InChI is InChI=1S/C16H21N5O6/c1-8(22)3-4-10(23)26-5-9-13(25-2)12(24)16(27-9)21-7-20-11-14(17)18-6-19-15(11)21/h6-7,9,12-13,16,24H,3-5H2,1-2H3,(H2,17,18,19)/t9-,12-,13-,16-/m1/s1. The van der Waals surface area contributed by atoms with E-state index < -0.39 is 30.5 Å². The molecule has 11 nitrogen and oxygen atoms in total. The number of methoxy groups -OCH3 is 1. The largest absolute Gasteiger partial charge is 0.463 e. The Morgan fingerprint density at radius 1 is 1.33 bits per heavy atom. The SMILES string of the molecule is CO[C@H]1[C@@H](O)[C@H](n2cnc3c(N)ncnc32)O[C@@H]1COC(=O)CCC(C)=O. The predicted molar refractivity (Wildman–Crippen MR) is 91.3 cm³/mol. The lowest BCUT2D eigenvalue weighted by molar-refractivity contribution is -0.151. The lowest BCUT2D eigenvalue weighted by atomic mass is 10.1. The first-order valence-electron chi connectivity index (χ1n) is 8.36. The van der Waals surface area contributed by atoms with Crippen LogP contribution in [-0.4, -0.2) is 68.4 Å². The van der Waals surface area contributed by atoms with E-state index in [2.05, 4.69) is 15.0 Å². The summed E-state index contributed by atoms with van der Waals surface area (Å²) in [6, 6.07) is 0. The van der Waals surface area contributed by atoms with Crippen molar-refractivity contribution in [2.45, 2.75) is 44.3 Å². The average molecular weight is 379 g/mol. The number of aromatic nitrogens is 4. The minimum atomic E-state index is -1.05. The van der Waals surface area contributed by atoms with Crippen molar-refractivity contribution < 1.29 is 28.9 Å². The molecule has 0 bridgehead atoms. The molecule has 0 aliphatic carbocycles. The number of nitrogen functional groups attached to an aromatic ring is 1. The van der Waals surface area contributed by atoms with Crippen LogP contribution < -0.4 is 5.73 Å². The van der Waals surface area contributed by atoms with Gasteiger partial charge in [0.1, 0.15) is 42.5 Å². The zero-order chi connectivity index (χ0) is 19.6. The molecule has 0 aromatic carbocycles. The molecule has 1 fully saturated rings. The lowest BCUT2D eigenvalue weighted by Crippen LogP contribution is -2.36. The highest BCUT2D eigenvalue weighted by atomic mass is 16.6. The van der Waals surface area contributed by atoms with Crippen molar-refractivity contribution in [3.63, 3.8) is 0 Å². The number of carbonyl (C=O) groups excluding carboxylic acids is 2. The Balaban J connectivity index is 1.72. The van der Waals surface area contributed by atoms with E-state index in [0.29, 0.717) is 11.2 Å². The fraction of sp³-hybridized carbons (Fsp3) is 0.562. The molecule has 4 atom stereocenters. The Morgan fingerprint density at radius 2 is 2.11 bits per heavy atom. The molecule has 0 spiro atoms. The fourth-order valence-corrected chi connectivity index (χ4v) is 2.96. The highest BCUT2D eigenvalue weighted by Gasteiger charge is 2.46. The molecule has 27 heavy (non-hydrogen) atoms. The zero-order valence-corrected chi connectivity index (χ0v) is 14.9. The second-order valence-corrected chi connectivity index (χ2v) is 6.22. The van der Waals surface area contributed by atoms with Gasteiger partial charge in [0.2, 0.25) is 0 Å². The number of hydrogen-bond acceptors (Lipinski definition) is 10. The first-order chi connectivity index (χ1) is 12.9. The number of hydrogen-bond donors (Lipinski definition) is 2. The zero-order valence-electron chi connectivity index (χ0n) is 14.9. The van der Waals surface area contributed by atoms with Crippen molar-refractivity contribution in [3.05, 3.63) is 12.7 Å². The molecule has 0 saturated carbocycles. The summed E-state index contributed by atoms with van der Waals surface area (Å²) >= 11 is 0. The van der Waals surface area contributed by atoms with Gasteiger partial charge in [-0.3, -0.25) is 9.36 Å². The Hall–Kier alpha value is -2.63. The maximum Gasteiger partial charge on any atom is 0.306 e. The molecule has 0 unspecified atom stereocenters. The number of ketones is 1. The summed E-state index contributed by atoms with van der Waals surface area (Å²) in [7, 11) is 1.43. The number of rotatable bonds is 7. The average Bonchev–Trinajstić information content (AvgIpc) is 3.19. The normalized spacial score (nSPS) is 25.0. The molecule has 11 heteroatoms. The van der Waals surface area contributed by atoms with Gasteiger partial charge in [0.25, 0.3) is 0 Å². The second kappa shape index (κ2) is 7.94. The molecule has 2 aromatic rings. The lowest BCUT2D eigenvalue weighted by Gasteiger charge is -2.18. The van der Waals surface area contributed by atoms with Crippen LogP contribution in [0, 0.1) is 0 Å². The number of ether oxygens (including phenoxy) is 3. The Kier molecular flexibility index (Phi) is 5.63. The number of fused-ring (bicyclic) bond motifs is 1. The molecule has 1 saturated heterocycles. The third kappa shape index (κ3) is 3.89. The van der Waals surface area contributed by atoms with Gasteiger partial charge < -0.3 is 29.8 Å². The number of Topliss-reactive ketones (excluding diaryl/α,β-unsaturated/α-hetero) is 1. The number of nitrogens with zero attached hydrogens (tertiary/aromatic N) is 4. The van der Waals surface area contributed by atoms with Crippen LogP contribution in [0.25, 0.3) is 11.2 Å². The number of imidazole rings is 1. The van der Waals surface area contributed by atoms with E-state index in [1.165, 1.54) is 31.3 Å². The van der Waals surface area contributed by atoms with Crippen molar-refractivity contribution in [3.8, 4) is 0 Å². The van der Waals surface area contributed by atoms with Gasteiger partial charge in [0, 0.05) is 13.5 Å². The maximum absolute atomic E-state index is 11.7. The van der Waals surface area contributed by atoms with E-state index in [1.54, 1.807) is 0 Å². The molecule has 3 heterocycles. The number of aliphatic hydroxyl groups excluding tert-OH is 1. The van der Waals surface area contributed by atoms with E-state index in [4.69, 9.17) is 19.9 Å². The van der Waals surface area contributed by atoms with Crippen molar-refractivity contribution >= 4 is 28.7 Å². The van der Waals surface area contributed by atoms with Gasteiger partial charge in [-0.25, -0.2) is 15.0 Å². The third-order valence-corrected chi connectivity index (χ3v) is 4.33. The highest BCUT2D eigenvalue weighted by molar-refractivity contribution is 5.81. The molecule has 3 rings (SSSR count). The summed E-state index contributed by atoms with van der Waals surface area (Å²) in [4.78, 5) is 34.8. The monoisotopic (exact) mass is 379 g/mol. The van der Waals surface area contributed by atoms with E-state index in [9.17, 15) is 14.7 Å². The summed E-state index contributed by atoms with van der Waals surface area (Å²) in [5, 5.41) is 10.6. The van der Waals surface area contributed by atoms with Gasteiger partial charge in [-0.2, -0.15) is 0 Å². The van der Waals surface area contributed by atoms with Crippen molar-refractivity contribution in [2.24, 2.45) is 0 Å². The van der Waals surface area contributed by atoms with Crippen LogP contribution >= 0.6 is 0 Å². The smallest absolute Gasteiger partial charge is 0.306 e.